The first kappa shape index (κ1) is 15.8. The zero-order chi connectivity index (χ0) is 16.1. The van der Waals surface area contributed by atoms with Crippen LogP contribution >= 0.6 is 15.9 Å². The van der Waals surface area contributed by atoms with Crippen molar-refractivity contribution in [2.45, 2.75) is 18.2 Å². The van der Waals surface area contributed by atoms with Crippen LogP contribution in [0.15, 0.2) is 72.8 Å². The fourth-order valence-electron chi connectivity index (χ4n) is 2.81. The van der Waals surface area contributed by atoms with Gasteiger partial charge in [0, 0.05) is 18.2 Å². The normalized spacial score (nSPS) is 10.7. The summed E-state index contributed by atoms with van der Waals surface area (Å²) in [6.45, 7) is 0. The zero-order valence-electron chi connectivity index (χ0n) is 12.9. The van der Waals surface area contributed by atoms with Crippen molar-refractivity contribution in [3.8, 4) is 5.75 Å². The molecule has 0 unspecified atom stereocenters. The molecule has 116 valence electrons. The summed E-state index contributed by atoms with van der Waals surface area (Å²) in [6, 6.07) is 24.7. The average molecular weight is 367 g/mol. The highest BCUT2D eigenvalue weighted by Crippen LogP contribution is 2.29. The van der Waals surface area contributed by atoms with E-state index in [0.29, 0.717) is 5.75 Å². The van der Waals surface area contributed by atoms with Crippen LogP contribution in [0.4, 0.5) is 0 Å². The summed E-state index contributed by atoms with van der Waals surface area (Å²) in [6.07, 6.45) is 1.49. The van der Waals surface area contributed by atoms with Crippen molar-refractivity contribution < 1.29 is 5.11 Å². The summed E-state index contributed by atoms with van der Waals surface area (Å²) in [5.41, 5.74) is 5.58. The van der Waals surface area contributed by atoms with Gasteiger partial charge in [-0.1, -0.05) is 88.7 Å². The Hall–Kier alpha value is -2.06. The van der Waals surface area contributed by atoms with E-state index in [0.717, 1.165) is 29.3 Å². The summed E-state index contributed by atoms with van der Waals surface area (Å²) in [5, 5.41) is 11.5. The quantitative estimate of drug-likeness (QED) is 0.593. The summed E-state index contributed by atoms with van der Waals surface area (Å²) in [4.78, 5) is 0. The van der Waals surface area contributed by atoms with Crippen molar-refractivity contribution in [1.29, 1.82) is 0 Å². The van der Waals surface area contributed by atoms with Crippen molar-refractivity contribution >= 4 is 15.9 Å². The third-order valence-electron chi connectivity index (χ3n) is 3.96. The standard InChI is InChI=1S/C21H19BrO/c22-15-18-13-19(11-16-7-3-1-4-8-16)21(23)20(14-18)12-17-9-5-2-6-10-17/h1-10,13-14,23H,11-12,15H2. The minimum Gasteiger partial charge on any atom is -0.507 e. The number of hydrogen-bond donors (Lipinski definition) is 1. The molecule has 0 radical (unpaired) electrons. The van der Waals surface area contributed by atoms with Crippen LogP contribution in [0, 0.1) is 0 Å². The Kier molecular flexibility index (Phi) is 5.14. The van der Waals surface area contributed by atoms with E-state index >= 15 is 0 Å². The lowest BCUT2D eigenvalue weighted by molar-refractivity contribution is 0.463. The summed E-state index contributed by atoms with van der Waals surface area (Å²) < 4.78 is 0. The molecule has 0 spiro atoms. The van der Waals surface area contributed by atoms with E-state index < -0.39 is 0 Å². The van der Waals surface area contributed by atoms with Crippen molar-refractivity contribution in [1.82, 2.24) is 0 Å². The van der Waals surface area contributed by atoms with Crippen molar-refractivity contribution in [3.63, 3.8) is 0 Å². The van der Waals surface area contributed by atoms with E-state index in [1.807, 2.05) is 36.4 Å². The summed E-state index contributed by atoms with van der Waals surface area (Å²) in [5.74, 6) is 0.419. The number of rotatable bonds is 5. The van der Waals surface area contributed by atoms with Gasteiger partial charge in [0.1, 0.15) is 5.75 Å². The highest BCUT2D eigenvalue weighted by molar-refractivity contribution is 9.08. The molecule has 0 aromatic heterocycles. The number of hydrogen-bond acceptors (Lipinski definition) is 1. The molecule has 0 atom stereocenters. The fourth-order valence-corrected chi connectivity index (χ4v) is 3.13. The fraction of sp³-hybridized carbons (Fsp3) is 0.143. The lowest BCUT2D eigenvalue weighted by atomic mass is 9.95. The Bertz CT molecular complexity index is 704. The lowest BCUT2D eigenvalue weighted by Gasteiger charge is -2.13. The molecule has 1 nitrogen and oxygen atoms in total. The molecule has 0 bridgehead atoms. The second kappa shape index (κ2) is 7.47. The van der Waals surface area contributed by atoms with Gasteiger partial charge in [0.15, 0.2) is 0 Å². The average Bonchev–Trinajstić information content (AvgIpc) is 2.60. The Morgan fingerprint density at radius 2 is 1.09 bits per heavy atom. The largest absolute Gasteiger partial charge is 0.507 e. The number of phenols is 1. The van der Waals surface area contributed by atoms with Gasteiger partial charge in [-0.2, -0.15) is 0 Å². The molecular formula is C21H19BrO. The predicted octanol–water partition coefficient (Wildman–Crippen LogP) is 5.47. The van der Waals surface area contributed by atoms with Gasteiger partial charge in [-0.3, -0.25) is 0 Å². The van der Waals surface area contributed by atoms with Crippen molar-refractivity contribution in [2.75, 3.05) is 0 Å². The summed E-state index contributed by atoms with van der Waals surface area (Å²) in [7, 11) is 0. The van der Waals surface area contributed by atoms with Crippen LogP contribution < -0.4 is 0 Å². The van der Waals surface area contributed by atoms with Gasteiger partial charge in [0.25, 0.3) is 0 Å². The molecule has 0 aliphatic rings. The van der Waals surface area contributed by atoms with E-state index in [9.17, 15) is 5.11 Å². The molecule has 0 saturated carbocycles. The van der Waals surface area contributed by atoms with Crippen molar-refractivity contribution in [2.24, 2.45) is 0 Å². The smallest absolute Gasteiger partial charge is 0.122 e. The summed E-state index contributed by atoms with van der Waals surface area (Å²) >= 11 is 3.54. The topological polar surface area (TPSA) is 20.2 Å². The molecule has 0 heterocycles. The highest BCUT2D eigenvalue weighted by Gasteiger charge is 2.11. The molecule has 0 aliphatic heterocycles. The van der Waals surface area contributed by atoms with Crippen LogP contribution in [-0.4, -0.2) is 5.11 Å². The molecule has 3 aromatic carbocycles. The maximum Gasteiger partial charge on any atom is 0.122 e. The molecule has 23 heavy (non-hydrogen) atoms. The van der Waals surface area contributed by atoms with Gasteiger partial charge in [0.2, 0.25) is 0 Å². The van der Waals surface area contributed by atoms with E-state index in [1.54, 1.807) is 0 Å². The molecule has 2 heteroatoms. The number of phenolic OH excluding ortho intramolecular Hbond substituents is 1. The maximum absolute atomic E-state index is 10.7. The predicted molar refractivity (Wildman–Crippen MR) is 99.2 cm³/mol. The third-order valence-corrected chi connectivity index (χ3v) is 4.60. The van der Waals surface area contributed by atoms with Crippen LogP contribution in [0.2, 0.25) is 0 Å². The molecule has 1 N–H and O–H groups in total. The molecule has 3 aromatic rings. The molecule has 0 fully saturated rings. The van der Waals surface area contributed by atoms with Crippen LogP contribution in [0.25, 0.3) is 0 Å². The number of halogens is 1. The van der Waals surface area contributed by atoms with Gasteiger partial charge >= 0.3 is 0 Å². The van der Waals surface area contributed by atoms with Crippen LogP contribution in [0.5, 0.6) is 5.75 Å². The van der Waals surface area contributed by atoms with Gasteiger partial charge in [-0.15, -0.1) is 0 Å². The molecule has 0 aliphatic carbocycles. The number of alkyl halides is 1. The van der Waals surface area contributed by atoms with E-state index in [2.05, 4.69) is 52.3 Å². The highest BCUT2D eigenvalue weighted by atomic mass is 79.9. The monoisotopic (exact) mass is 366 g/mol. The second-order valence-electron chi connectivity index (χ2n) is 5.72. The van der Waals surface area contributed by atoms with Gasteiger partial charge < -0.3 is 5.11 Å². The minimum atomic E-state index is 0.419. The SMILES string of the molecule is Oc1c(Cc2ccccc2)cc(CBr)cc1Cc1ccccc1. The third kappa shape index (κ3) is 4.02. The second-order valence-corrected chi connectivity index (χ2v) is 6.28. The molecular weight excluding hydrogens is 348 g/mol. The molecule has 3 rings (SSSR count). The Morgan fingerprint density at radius 3 is 1.48 bits per heavy atom. The first-order valence-electron chi connectivity index (χ1n) is 7.73. The van der Waals surface area contributed by atoms with Gasteiger partial charge in [-0.05, 0) is 27.8 Å². The van der Waals surface area contributed by atoms with Gasteiger partial charge in [-0.25, -0.2) is 0 Å². The molecule has 0 amide bonds. The number of aromatic hydroxyl groups is 1. The van der Waals surface area contributed by atoms with E-state index in [1.165, 1.54) is 16.7 Å². The van der Waals surface area contributed by atoms with Crippen LogP contribution in [0.1, 0.15) is 27.8 Å². The Morgan fingerprint density at radius 1 is 0.652 bits per heavy atom. The maximum atomic E-state index is 10.7. The van der Waals surface area contributed by atoms with Crippen LogP contribution in [-0.2, 0) is 18.2 Å². The van der Waals surface area contributed by atoms with Gasteiger partial charge in [0.05, 0.1) is 0 Å². The first-order valence-corrected chi connectivity index (χ1v) is 8.86. The zero-order valence-corrected chi connectivity index (χ0v) is 14.5. The van der Waals surface area contributed by atoms with Crippen LogP contribution in [0.3, 0.4) is 0 Å². The Balaban J connectivity index is 1.95. The Labute approximate surface area is 145 Å². The van der Waals surface area contributed by atoms with E-state index in [4.69, 9.17) is 0 Å². The molecule has 0 saturated heterocycles. The van der Waals surface area contributed by atoms with E-state index in [-0.39, 0.29) is 0 Å². The minimum absolute atomic E-state index is 0.419. The first-order chi connectivity index (χ1) is 11.3. The number of benzene rings is 3. The lowest BCUT2D eigenvalue weighted by Crippen LogP contribution is -1.97. The van der Waals surface area contributed by atoms with Crippen molar-refractivity contribution in [3.05, 3.63) is 101 Å².